The van der Waals surface area contributed by atoms with Gasteiger partial charge in [0.25, 0.3) is 0 Å². The second-order valence-electron chi connectivity index (χ2n) is 6.56. The average molecular weight is 331 g/mol. The third kappa shape index (κ3) is 4.34. The monoisotopic (exact) mass is 331 g/mol. The van der Waals surface area contributed by atoms with Gasteiger partial charge in [-0.2, -0.15) is 0 Å². The molecular formula is C19H25NO2S. The van der Waals surface area contributed by atoms with Crippen LogP contribution in [-0.2, 0) is 6.42 Å². The number of hydrogen-bond donors (Lipinski definition) is 2. The van der Waals surface area contributed by atoms with Crippen LogP contribution in [0.4, 0.5) is 0 Å². The smallest absolute Gasteiger partial charge is 0.119 e. The number of rotatable bonds is 7. The summed E-state index contributed by atoms with van der Waals surface area (Å²) in [7, 11) is 0. The van der Waals surface area contributed by atoms with E-state index in [-0.39, 0.29) is 12.1 Å². The van der Waals surface area contributed by atoms with Gasteiger partial charge in [-0.25, -0.2) is 0 Å². The maximum Gasteiger partial charge on any atom is 0.119 e. The maximum atomic E-state index is 9.38. The van der Waals surface area contributed by atoms with Gasteiger partial charge in [-0.3, -0.25) is 0 Å². The summed E-state index contributed by atoms with van der Waals surface area (Å²) in [4.78, 5) is 1.42. The van der Waals surface area contributed by atoms with Gasteiger partial charge in [0.2, 0.25) is 0 Å². The van der Waals surface area contributed by atoms with Crippen molar-refractivity contribution in [2.45, 2.75) is 43.6 Å². The average Bonchev–Trinajstić information content (AvgIpc) is 3.23. The molecule has 4 heteroatoms. The first kappa shape index (κ1) is 16.5. The molecule has 0 saturated heterocycles. The van der Waals surface area contributed by atoms with Crippen LogP contribution in [-0.4, -0.2) is 23.9 Å². The van der Waals surface area contributed by atoms with Gasteiger partial charge >= 0.3 is 0 Å². The first-order chi connectivity index (χ1) is 11.2. The molecule has 1 saturated carbocycles. The first-order valence-corrected chi connectivity index (χ1v) is 9.21. The Balaban J connectivity index is 1.46. The van der Waals surface area contributed by atoms with Crippen molar-refractivity contribution in [2.24, 2.45) is 5.73 Å². The Bertz CT molecular complexity index is 596. The van der Waals surface area contributed by atoms with Crippen molar-refractivity contribution in [2.75, 3.05) is 13.2 Å². The molecule has 1 fully saturated rings. The minimum atomic E-state index is -0.387. The zero-order valence-corrected chi connectivity index (χ0v) is 14.2. The van der Waals surface area contributed by atoms with Gasteiger partial charge in [0.05, 0.1) is 13.2 Å². The van der Waals surface area contributed by atoms with Crippen LogP contribution in [0.3, 0.4) is 0 Å². The number of aliphatic hydroxyl groups is 1. The number of thiophene rings is 1. The first-order valence-electron chi connectivity index (χ1n) is 8.33. The molecule has 0 amide bonds. The van der Waals surface area contributed by atoms with Crippen molar-refractivity contribution < 1.29 is 9.84 Å². The number of nitrogens with two attached hydrogens (primary N) is 1. The fourth-order valence-corrected chi connectivity index (χ4v) is 4.06. The lowest BCUT2D eigenvalue weighted by Gasteiger charge is -2.21. The second-order valence-corrected chi connectivity index (χ2v) is 7.59. The molecule has 2 aromatic rings. The lowest BCUT2D eigenvalue weighted by atomic mass is 9.94. The molecule has 0 radical (unpaired) electrons. The van der Waals surface area contributed by atoms with E-state index in [1.54, 1.807) is 11.3 Å². The summed E-state index contributed by atoms with van der Waals surface area (Å²) in [5, 5.41) is 11.5. The second kappa shape index (κ2) is 7.47. The molecule has 1 aromatic carbocycles. The lowest BCUT2D eigenvalue weighted by molar-refractivity contribution is 0.198. The Morgan fingerprint density at radius 1 is 1.26 bits per heavy atom. The molecule has 1 heterocycles. The molecule has 0 bridgehead atoms. The van der Waals surface area contributed by atoms with E-state index in [4.69, 9.17) is 10.5 Å². The number of ether oxygens (including phenoxy) is 1. The van der Waals surface area contributed by atoms with E-state index in [2.05, 4.69) is 41.8 Å². The molecule has 124 valence electrons. The molecule has 0 spiro atoms. The number of aryl methyl sites for hydroxylation is 1. The summed E-state index contributed by atoms with van der Waals surface area (Å²) in [6.07, 6.45) is 4.94. The van der Waals surface area contributed by atoms with E-state index in [9.17, 15) is 5.11 Å². The lowest BCUT2D eigenvalue weighted by Crippen LogP contribution is -2.40. The van der Waals surface area contributed by atoms with Gasteiger partial charge in [-0.1, -0.05) is 18.2 Å². The van der Waals surface area contributed by atoms with Crippen molar-refractivity contribution in [1.29, 1.82) is 0 Å². The minimum Gasteiger partial charge on any atom is -0.494 e. The Morgan fingerprint density at radius 2 is 2.09 bits per heavy atom. The molecule has 0 aliphatic heterocycles. The Morgan fingerprint density at radius 3 is 2.74 bits per heavy atom. The van der Waals surface area contributed by atoms with Crippen LogP contribution in [0, 0.1) is 0 Å². The zero-order valence-electron chi connectivity index (χ0n) is 13.4. The van der Waals surface area contributed by atoms with Gasteiger partial charge in [0.1, 0.15) is 5.75 Å². The SMILES string of the molecule is N[C@]1(CO)CC[C@@H](c2ccc(OCCCc3cccs3)cc2)C1. The molecule has 0 unspecified atom stereocenters. The summed E-state index contributed by atoms with van der Waals surface area (Å²) in [5.41, 5.74) is 7.08. The molecule has 1 aliphatic rings. The molecule has 3 N–H and O–H groups in total. The van der Waals surface area contributed by atoms with Crippen LogP contribution in [0.15, 0.2) is 41.8 Å². The molecule has 1 aromatic heterocycles. The zero-order chi connectivity index (χ0) is 16.1. The summed E-state index contributed by atoms with van der Waals surface area (Å²) in [6.45, 7) is 0.825. The van der Waals surface area contributed by atoms with Crippen LogP contribution in [0.5, 0.6) is 5.75 Å². The van der Waals surface area contributed by atoms with Gasteiger partial charge < -0.3 is 15.6 Å². The van der Waals surface area contributed by atoms with Gasteiger partial charge in [-0.15, -0.1) is 11.3 Å². The van der Waals surface area contributed by atoms with Gasteiger partial charge in [0.15, 0.2) is 0 Å². The maximum absolute atomic E-state index is 9.38. The molecule has 3 rings (SSSR count). The standard InChI is InChI=1S/C19H25NO2S/c20-19(14-21)10-9-16(13-19)15-5-7-17(8-6-15)22-11-1-3-18-4-2-12-23-18/h2,4-8,12,16,21H,1,3,9-11,13-14,20H2/t16-,19-/m1/s1. The largest absolute Gasteiger partial charge is 0.494 e. The normalized spacial score (nSPS) is 24.0. The highest BCUT2D eigenvalue weighted by atomic mass is 32.1. The predicted molar refractivity (Wildman–Crippen MR) is 95.2 cm³/mol. The third-order valence-electron chi connectivity index (χ3n) is 4.73. The molecular weight excluding hydrogens is 306 g/mol. The number of hydrogen-bond acceptors (Lipinski definition) is 4. The van der Waals surface area contributed by atoms with Crippen molar-refractivity contribution >= 4 is 11.3 Å². The van der Waals surface area contributed by atoms with E-state index in [1.807, 2.05) is 0 Å². The Hall–Kier alpha value is -1.36. The minimum absolute atomic E-state index is 0.0783. The van der Waals surface area contributed by atoms with E-state index in [0.29, 0.717) is 5.92 Å². The van der Waals surface area contributed by atoms with Crippen molar-refractivity contribution in [3.05, 3.63) is 52.2 Å². The van der Waals surface area contributed by atoms with Gasteiger partial charge in [0, 0.05) is 10.4 Å². The van der Waals surface area contributed by atoms with E-state index >= 15 is 0 Å². The Labute approximate surface area is 142 Å². The molecule has 3 nitrogen and oxygen atoms in total. The van der Waals surface area contributed by atoms with Crippen molar-refractivity contribution in [3.8, 4) is 5.75 Å². The van der Waals surface area contributed by atoms with Gasteiger partial charge in [-0.05, 0) is 67.2 Å². The number of aliphatic hydroxyl groups excluding tert-OH is 1. The quantitative estimate of drug-likeness (QED) is 0.760. The molecule has 23 heavy (non-hydrogen) atoms. The van der Waals surface area contributed by atoms with Crippen LogP contribution in [0.2, 0.25) is 0 Å². The Kier molecular flexibility index (Phi) is 5.36. The van der Waals surface area contributed by atoms with E-state index in [1.165, 1.54) is 10.4 Å². The molecule has 2 atom stereocenters. The fraction of sp³-hybridized carbons (Fsp3) is 0.474. The fourth-order valence-electron chi connectivity index (χ4n) is 3.31. The third-order valence-corrected chi connectivity index (χ3v) is 5.66. The summed E-state index contributed by atoms with van der Waals surface area (Å²) in [5.74, 6) is 1.39. The summed E-state index contributed by atoms with van der Waals surface area (Å²) < 4.78 is 5.82. The van der Waals surface area contributed by atoms with Crippen LogP contribution in [0.25, 0.3) is 0 Å². The topological polar surface area (TPSA) is 55.5 Å². The summed E-state index contributed by atoms with van der Waals surface area (Å²) >= 11 is 1.80. The van der Waals surface area contributed by atoms with Crippen LogP contribution < -0.4 is 10.5 Å². The van der Waals surface area contributed by atoms with Crippen molar-refractivity contribution in [1.82, 2.24) is 0 Å². The number of benzene rings is 1. The summed E-state index contributed by atoms with van der Waals surface area (Å²) in [6, 6.07) is 12.6. The predicted octanol–water partition coefficient (Wildman–Crippen LogP) is 3.72. The van der Waals surface area contributed by atoms with Crippen LogP contribution >= 0.6 is 11.3 Å². The van der Waals surface area contributed by atoms with Crippen LogP contribution in [0.1, 0.15) is 42.0 Å². The van der Waals surface area contributed by atoms with Crippen molar-refractivity contribution in [3.63, 3.8) is 0 Å². The van der Waals surface area contributed by atoms with E-state index in [0.717, 1.165) is 44.5 Å². The molecule has 1 aliphatic carbocycles. The highest BCUT2D eigenvalue weighted by Crippen LogP contribution is 2.39. The highest BCUT2D eigenvalue weighted by molar-refractivity contribution is 7.09. The highest BCUT2D eigenvalue weighted by Gasteiger charge is 2.35. The van der Waals surface area contributed by atoms with E-state index < -0.39 is 0 Å².